The molecule has 1 aliphatic rings. The van der Waals surface area contributed by atoms with E-state index in [2.05, 4.69) is 4.98 Å². The molecule has 0 radical (unpaired) electrons. The molecular formula is C20H21FN4O3. The van der Waals surface area contributed by atoms with E-state index < -0.39 is 0 Å². The van der Waals surface area contributed by atoms with Crippen LogP contribution >= 0.6 is 0 Å². The molecule has 28 heavy (non-hydrogen) atoms. The minimum absolute atomic E-state index is 0.205. The van der Waals surface area contributed by atoms with Crippen LogP contribution in [0.2, 0.25) is 0 Å². The van der Waals surface area contributed by atoms with Gasteiger partial charge in [-0.2, -0.15) is 0 Å². The number of hydrogen-bond donors (Lipinski definition) is 1. The summed E-state index contributed by atoms with van der Waals surface area (Å²) in [5.74, 6) is 0.0952. The molecule has 2 aromatic heterocycles. The van der Waals surface area contributed by atoms with Gasteiger partial charge < -0.3 is 24.7 Å². The van der Waals surface area contributed by atoms with Gasteiger partial charge in [-0.25, -0.2) is 9.37 Å². The Kier molecular flexibility index (Phi) is 4.87. The van der Waals surface area contributed by atoms with Crippen LogP contribution in [0.4, 0.5) is 15.8 Å². The summed E-state index contributed by atoms with van der Waals surface area (Å²) < 4.78 is 25.5. The van der Waals surface area contributed by atoms with E-state index in [1.54, 1.807) is 28.8 Å². The van der Waals surface area contributed by atoms with Crippen molar-refractivity contribution in [2.75, 3.05) is 44.0 Å². The molecule has 8 heteroatoms. The molecule has 7 nitrogen and oxygen atoms in total. The Hall–Kier alpha value is -3.13. The molecule has 4 rings (SSSR count). The van der Waals surface area contributed by atoms with Crippen molar-refractivity contribution in [3.63, 3.8) is 0 Å². The summed E-state index contributed by atoms with van der Waals surface area (Å²) in [6.07, 6.45) is 0. The van der Waals surface area contributed by atoms with Gasteiger partial charge in [-0.15, -0.1) is 0 Å². The molecule has 0 saturated carbocycles. The summed E-state index contributed by atoms with van der Waals surface area (Å²) in [6, 6.07) is 9.54. The van der Waals surface area contributed by atoms with Crippen LogP contribution in [0.15, 0.2) is 41.2 Å². The van der Waals surface area contributed by atoms with Crippen molar-refractivity contribution in [2.45, 2.75) is 6.54 Å². The number of aromatic nitrogens is 2. The van der Waals surface area contributed by atoms with Crippen molar-refractivity contribution in [2.24, 2.45) is 0 Å². The summed E-state index contributed by atoms with van der Waals surface area (Å²) in [5, 5.41) is 0. The first-order valence-corrected chi connectivity index (χ1v) is 9.02. The number of fused-ring (bicyclic) bond motifs is 1. The molecule has 0 aliphatic carbocycles. The minimum atomic E-state index is -0.321. The largest absolute Gasteiger partial charge is 0.481 e. The van der Waals surface area contributed by atoms with Crippen LogP contribution < -0.4 is 20.9 Å². The molecule has 1 aromatic carbocycles. The molecule has 3 aromatic rings. The van der Waals surface area contributed by atoms with Crippen molar-refractivity contribution < 1.29 is 13.9 Å². The molecule has 0 atom stereocenters. The first-order chi connectivity index (χ1) is 13.6. The smallest absolute Gasteiger partial charge is 0.277 e. The van der Waals surface area contributed by atoms with Crippen LogP contribution in [0.5, 0.6) is 5.88 Å². The van der Waals surface area contributed by atoms with Gasteiger partial charge in [0.1, 0.15) is 17.0 Å². The van der Waals surface area contributed by atoms with Gasteiger partial charge in [0.2, 0.25) is 5.88 Å². The number of methoxy groups -OCH3 is 1. The molecule has 0 unspecified atom stereocenters. The summed E-state index contributed by atoms with van der Waals surface area (Å²) in [4.78, 5) is 19.8. The van der Waals surface area contributed by atoms with Crippen LogP contribution in [-0.4, -0.2) is 43.0 Å². The summed E-state index contributed by atoms with van der Waals surface area (Å²) in [5.41, 5.74) is 8.84. The molecule has 0 bridgehead atoms. The van der Waals surface area contributed by atoms with Crippen LogP contribution in [0.1, 0.15) is 5.56 Å². The maximum absolute atomic E-state index is 13.4. The van der Waals surface area contributed by atoms with E-state index >= 15 is 0 Å². The summed E-state index contributed by atoms with van der Waals surface area (Å²) >= 11 is 0. The van der Waals surface area contributed by atoms with E-state index in [1.165, 1.54) is 19.2 Å². The topological polar surface area (TPSA) is 82.6 Å². The first-order valence-electron chi connectivity index (χ1n) is 9.02. The summed E-state index contributed by atoms with van der Waals surface area (Å²) in [6.45, 7) is 2.49. The highest BCUT2D eigenvalue weighted by atomic mass is 19.1. The number of pyridine rings is 2. The highest BCUT2D eigenvalue weighted by molar-refractivity contribution is 5.94. The third-order valence-corrected chi connectivity index (χ3v) is 4.89. The molecule has 3 heterocycles. The Balaban J connectivity index is 1.92. The second-order valence-corrected chi connectivity index (χ2v) is 6.60. The van der Waals surface area contributed by atoms with Crippen molar-refractivity contribution in [1.29, 1.82) is 0 Å². The average Bonchev–Trinajstić information content (AvgIpc) is 2.73. The normalized spacial score (nSPS) is 14.4. The zero-order valence-corrected chi connectivity index (χ0v) is 15.5. The fraction of sp³-hybridized carbons (Fsp3) is 0.300. The number of morpholine rings is 1. The Bertz CT molecular complexity index is 1060. The molecule has 1 saturated heterocycles. The molecule has 0 amide bonds. The standard InChI is InChI=1S/C20H21FN4O3/c1-27-16-7-6-15-18(23-16)17(22)19(24-8-10-28-11-9-24)20(26)25(15)12-13-2-4-14(21)5-3-13/h2-7H,8-12,22H2,1H3. The second-order valence-electron chi connectivity index (χ2n) is 6.60. The zero-order valence-electron chi connectivity index (χ0n) is 15.5. The van der Waals surface area contributed by atoms with E-state index in [0.29, 0.717) is 54.6 Å². The molecule has 0 spiro atoms. The van der Waals surface area contributed by atoms with Crippen LogP contribution in [0, 0.1) is 5.82 Å². The number of nitrogen functional groups attached to an aromatic ring is 1. The number of ether oxygens (including phenoxy) is 2. The monoisotopic (exact) mass is 384 g/mol. The van der Waals surface area contributed by atoms with Gasteiger partial charge in [-0.1, -0.05) is 12.1 Å². The lowest BCUT2D eigenvalue weighted by molar-refractivity contribution is 0.122. The molecule has 1 aliphatic heterocycles. The third kappa shape index (κ3) is 3.27. The molecular weight excluding hydrogens is 363 g/mol. The fourth-order valence-electron chi connectivity index (χ4n) is 3.45. The number of hydrogen-bond acceptors (Lipinski definition) is 6. The molecule has 1 fully saturated rings. The quantitative estimate of drug-likeness (QED) is 0.741. The lowest BCUT2D eigenvalue weighted by Gasteiger charge is -2.30. The first kappa shape index (κ1) is 18.2. The van der Waals surface area contributed by atoms with Crippen molar-refractivity contribution in [3.05, 3.63) is 58.1 Å². The van der Waals surface area contributed by atoms with Gasteiger partial charge >= 0.3 is 0 Å². The number of anilines is 2. The predicted octanol–water partition coefficient (Wildman–Crippen LogP) is 2.01. The van der Waals surface area contributed by atoms with E-state index in [9.17, 15) is 9.18 Å². The number of nitrogens with zero attached hydrogens (tertiary/aromatic N) is 3. The second kappa shape index (κ2) is 7.47. The molecule has 146 valence electrons. The van der Waals surface area contributed by atoms with E-state index in [0.717, 1.165) is 5.56 Å². The highest BCUT2D eigenvalue weighted by Crippen LogP contribution is 2.29. The third-order valence-electron chi connectivity index (χ3n) is 4.89. The number of rotatable bonds is 4. The Morgan fingerprint density at radius 1 is 1.18 bits per heavy atom. The number of nitrogens with two attached hydrogens (primary N) is 1. The average molecular weight is 384 g/mol. The van der Waals surface area contributed by atoms with E-state index in [4.69, 9.17) is 15.2 Å². The van der Waals surface area contributed by atoms with Gasteiger partial charge in [0, 0.05) is 19.2 Å². The summed E-state index contributed by atoms with van der Waals surface area (Å²) in [7, 11) is 1.53. The SMILES string of the molecule is COc1ccc2c(n1)c(N)c(N1CCOCC1)c(=O)n2Cc1ccc(F)cc1. The minimum Gasteiger partial charge on any atom is -0.481 e. The van der Waals surface area contributed by atoms with Gasteiger partial charge in [0.15, 0.2) is 0 Å². The number of benzene rings is 1. The van der Waals surface area contributed by atoms with Crippen molar-refractivity contribution >= 4 is 22.4 Å². The van der Waals surface area contributed by atoms with E-state index in [1.807, 2.05) is 4.90 Å². The lowest BCUT2D eigenvalue weighted by Crippen LogP contribution is -2.41. The number of halogens is 1. The van der Waals surface area contributed by atoms with Crippen LogP contribution in [0.25, 0.3) is 11.0 Å². The lowest BCUT2D eigenvalue weighted by atomic mass is 10.1. The molecule has 2 N–H and O–H groups in total. The fourth-order valence-corrected chi connectivity index (χ4v) is 3.45. The predicted molar refractivity (Wildman–Crippen MR) is 106 cm³/mol. The highest BCUT2D eigenvalue weighted by Gasteiger charge is 2.23. The van der Waals surface area contributed by atoms with Crippen LogP contribution in [-0.2, 0) is 11.3 Å². The zero-order chi connectivity index (χ0) is 19.7. The van der Waals surface area contributed by atoms with Crippen molar-refractivity contribution in [1.82, 2.24) is 9.55 Å². The van der Waals surface area contributed by atoms with Gasteiger partial charge in [-0.05, 0) is 23.8 Å². The maximum atomic E-state index is 13.4. The van der Waals surface area contributed by atoms with Gasteiger partial charge in [0.05, 0.1) is 38.1 Å². The Labute approximate surface area is 161 Å². The van der Waals surface area contributed by atoms with Crippen LogP contribution in [0.3, 0.4) is 0 Å². The van der Waals surface area contributed by atoms with Gasteiger partial charge in [0.25, 0.3) is 5.56 Å². The Morgan fingerprint density at radius 3 is 2.57 bits per heavy atom. The van der Waals surface area contributed by atoms with Crippen molar-refractivity contribution in [3.8, 4) is 5.88 Å². The van der Waals surface area contributed by atoms with Gasteiger partial charge in [-0.3, -0.25) is 4.79 Å². The van der Waals surface area contributed by atoms with E-state index in [-0.39, 0.29) is 17.9 Å². The maximum Gasteiger partial charge on any atom is 0.277 e. The Morgan fingerprint density at radius 2 is 1.89 bits per heavy atom.